The van der Waals surface area contributed by atoms with Crippen molar-refractivity contribution in [1.82, 2.24) is 4.90 Å². The Hall–Kier alpha value is -1.42. The summed E-state index contributed by atoms with van der Waals surface area (Å²) < 4.78 is 0. The Kier molecular flexibility index (Phi) is 9.38. The smallest absolute Gasteiger partial charge is 0.229 e. The number of thioether (sulfide) groups is 1. The summed E-state index contributed by atoms with van der Waals surface area (Å²) >= 11 is 14.6. The zero-order valence-corrected chi connectivity index (χ0v) is 22.2. The molecule has 1 aliphatic heterocycles. The van der Waals surface area contributed by atoms with Crippen LogP contribution in [0.4, 0.5) is 0 Å². The Labute approximate surface area is 213 Å². The first-order valence-electron chi connectivity index (χ1n) is 11.9. The number of rotatable bonds is 10. The minimum atomic E-state index is -0.456. The summed E-state index contributed by atoms with van der Waals surface area (Å²) in [5, 5.41) is 1.43. The van der Waals surface area contributed by atoms with Crippen molar-refractivity contribution >= 4 is 40.9 Å². The molecule has 1 aliphatic rings. The topological polar surface area (TPSA) is 20.3 Å². The van der Waals surface area contributed by atoms with E-state index in [4.69, 9.17) is 23.2 Å². The highest BCUT2D eigenvalue weighted by Crippen LogP contribution is 2.53. The van der Waals surface area contributed by atoms with Crippen LogP contribution in [0.3, 0.4) is 0 Å². The maximum Gasteiger partial charge on any atom is 0.229 e. The minimum Gasteiger partial charge on any atom is -0.331 e. The number of benzene rings is 2. The van der Waals surface area contributed by atoms with Gasteiger partial charge < -0.3 is 4.90 Å². The largest absolute Gasteiger partial charge is 0.331 e. The molecule has 5 heteroatoms. The number of hydrogen-bond acceptors (Lipinski definition) is 2. The predicted molar refractivity (Wildman–Crippen MR) is 144 cm³/mol. The Balaban J connectivity index is 2.23. The third kappa shape index (κ3) is 5.63. The van der Waals surface area contributed by atoms with E-state index in [1.54, 1.807) is 0 Å². The van der Waals surface area contributed by atoms with E-state index >= 15 is 0 Å². The van der Waals surface area contributed by atoms with Gasteiger partial charge in [-0.3, -0.25) is 4.79 Å². The van der Waals surface area contributed by atoms with Crippen LogP contribution >= 0.6 is 35.0 Å². The summed E-state index contributed by atoms with van der Waals surface area (Å²) in [5.41, 5.74) is 1.85. The van der Waals surface area contributed by atoms with Gasteiger partial charge >= 0.3 is 0 Å². The fourth-order valence-electron chi connectivity index (χ4n) is 5.23. The number of halogens is 2. The SMILES string of the molecule is C=CCC1(CC)C[C@H](c2cccc(Cl)c2)[C@@H](c2ccc(Cl)cc2)N(C(CC)CSCC)C1=O. The Morgan fingerprint density at radius 3 is 2.42 bits per heavy atom. The lowest BCUT2D eigenvalue weighted by Gasteiger charge is -2.53. The zero-order chi connectivity index (χ0) is 24.0. The van der Waals surface area contributed by atoms with Crippen molar-refractivity contribution in [2.75, 3.05) is 11.5 Å². The van der Waals surface area contributed by atoms with Gasteiger partial charge in [-0.25, -0.2) is 0 Å². The molecule has 1 heterocycles. The van der Waals surface area contributed by atoms with Gasteiger partial charge in [0, 0.05) is 27.8 Å². The summed E-state index contributed by atoms with van der Waals surface area (Å²) in [5.74, 6) is 2.35. The second-order valence-corrected chi connectivity index (χ2v) is 11.1. The molecule has 1 amide bonds. The highest BCUT2D eigenvalue weighted by Gasteiger charge is 2.52. The molecular weight excluding hydrogens is 469 g/mol. The Morgan fingerprint density at radius 1 is 1.12 bits per heavy atom. The van der Waals surface area contributed by atoms with Gasteiger partial charge in [-0.1, -0.05) is 74.3 Å². The van der Waals surface area contributed by atoms with E-state index in [0.29, 0.717) is 11.4 Å². The van der Waals surface area contributed by atoms with Crippen LogP contribution in [0.25, 0.3) is 0 Å². The van der Waals surface area contributed by atoms with Crippen LogP contribution in [0.2, 0.25) is 10.0 Å². The number of amides is 1. The molecule has 2 aromatic rings. The fraction of sp³-hybridized carbons (Fsp3) is 0.464. The van der Waals surface area contributed by atoms with E-state index in [-0.39, 0.29) is 23.9 Å². The first-order valence-corrected chi connectivity index (χ1v) is 13.8. The van der Waals surface area contributed by atoms with Crippen molar-refractivity contribution in [3.05, 3.63) is 82.4 Å². The number of carbonyl (C=O) groups excluding carboxylic acids is 1. The van der Waals surface area contributed by atoms with E-state index in [1.807, 2.05) is 42.1 Å². The van der Waals surface area contributed by atoms with Crippen molar-refractivity contribution in [1.29, 1.82) is 0 Å². The van der Waals surface area contributed by atoms with Gasteiger partial charge in [0.1, 0.15) is 0 Å². The molecule has 3 rings (SSSR count). The second kappa shape index (κ2) is 11.8. The van der Waals surface area contributed by atoms with E-state index in [0.717, 1.165) is 41.4 Å². The standard InChI is InChI=1S/C28H35Cl2NOS/c1-5-16-28(7-3)18-25(21-10-9-11-23(30)17-21)26(20-12-14-22(29)15-13-20)31(27(28)32)24(6-2)19-33-8-4/h5,9-15,17,24-26H,1,6-8,16,18-19H2,2-4H3/t24?,25-,26-,28?/m1/s1. The first kappa shape index (κ1) is 26.2. The number of nitrogens with zero attached hydrogens (tertiary/aromatic N) is 1. The average Bonchev–Trinajstić information content (AvgIpc) is 2.82. The lowest BCUT2D eigenvalue weighted by molar-refractivity contribution is -0.155. The second-order valence-electron chi connectivity index (χ2n) is 8.92. The van der Waals surface area contributed by atoms with Crippen LogP contribution in [0.1, 0.15) is 69.5 Å². The van der Waals surface area contributed by atoms with Crippen molar-refractivity contribution in [2.24, 2.45) is 5.41 Å². The Bertz CT molecular complexity index is 947. The van der Waals surface area contributed by atoms with Gasteiger partial charge in [0.2, 0.25) is 5.91 Å². The number of likely N-dealkylation sites (tertiary alicyclic amines) is 1. The number of piperidine rings is 1. The molecule has 0 radical (unpaired) electrons. The van der Waals surface area contributed by atoms with Crippen LogP contribution < -0.4 is 0 Å². The summed E-state index contributed by atoms with van der Waals surface area (Å²) in [6.45, 7) is 10.5. The van der Waals surface area contributed by atoms with Crippen LogP contribution in [0.5, 0.6) is 0 Å². The first-order chi connectivity index (χ1) is 15.9. The van der Waals surface area contributed by atoms with Gasteiger partial charge in [-0.05, 0) is 66.8 Å². The molecule has 4 atom stereocenters. The molecule has 2 aromatic carbocycles. The molecule has 0 saturated carbocycles. The van der Waals surface area contributed by atoms with Gasteiger partial charge in [0.15, 0.2) is 0 Å². The van der Waals surface area contributed by atoms with Crippen LogP contribution in [-0.2, 0) is 4.79 Å². The molecule has 1 fully saturated rings. The molecule has 0 N–H and O–H groups in total. The molecule has 2 unspecified atom stereocenters. The highest BCUT2D eigenvalue weighted by atomic mass is 35.5. The Morgan fingerprint density at radius 2 is 1.85 bits per heavy atom. The number of allylic oxidation sites excluding steroid dienone is 1. The molecule has 0 aromatic heterocycles. The summed E-state index contributed by atoms with van der Waals surface area (Å²) in [4.78, 5) is 16.6. The molecule has 178 valence electrons. The summed E-state index contributed by atoms with van der Waals surface area (Å²) in [6.07, 6.45) is 5.07. The van der Waals surface area contributed by atoms with E-state index in [2.05, 4.69) is 56.5 Å². The maximum absolute atomic E-state index is 14.3. The molecule has 0 spiro atoms. The third-order valence-corrected chi connectivity index (χ3v) is 8.57. The molecule has 0 aliphatic carbocycles. The lowest BCUT2D eigenvalue weighted by atomic mass is 9.65. The quantitative estimate of drug-likeness (QED) is 0.302. The van der Waals surface area contributed by atoms with Gasteiger partial charge in [-0.15, -0.1) is 6.58 Å². The number of hydrogen-bond donors (Lipinski definition) is 0. The van der Waals surface area contributed by atoms with E-state index < -0.39 is 5.41 Å². The van der Waals surface area contributed by atoms with Gasteiger partial charge in [0.05, 0.1) is 11.5 Å². The molecular formula is C28H35Cl2NOS. The molecule has 0 bridgehead atoms. The van der Waals surface area contributed by atoms with E-state index in [9.17, 15) is 4.79 Å². The fourth-order valence-corrected chi connectivity index (χ4v) is 6.46. The van der Waals surface area contributed by atoms with Crippen LogP contribution in [-0.4, -0.2) is 28.4 Å². The molecule has 2 nitrogen and oxygen atoms in total. The zero-order valence-electron chi connectivity index (χ0n) is 19.9. The van der Waals surface area contributed by atoms with Crippen molar-refractivity contribution < 1.29 is 4.79 Å². The van der Waals surface area contributed by atoms with Crippen LogP contribution in [0, 0.1) is 5.41 Å². The maximum atomic E-state index is 14.3. The van der Waals surface area contributed by atoms with Crippen molar-refractivity contribution in [2.45, 2.75) is 64.5 Å². The predicted octanol–water partition coefficient (Wildman–Crippen LogP) is 8.55. The summed E-state index contributed by atoms with van der Waals surface area (Å²) in [6, 6.07) is 16.3. The summed E-state index contributed by atoms with van der Waals surface area (Å²) in [7, 11) is 0. The normalized spacial score (nSPS) is 24.0. The van der Waals surface area contributed by atoms with Crippen LogP contribution in [0.15, 0.2) is 61.2 Å². The van der Waals surface area contributed by atoms with Crippen molar-refractivity contribution in [3.63, 3.8) is 0 Å². The molecule has 1 saturated heterocycles. The van der Waals surface area contributed by atoms with Gasteiger partial charge in [-0.2, -0.15) is 11.8 Å². The highest BCUT2D eigenvalue weighted by molar-refractivity contribution is 7.99. The lowest BCUT2D eigenvalue weighted by Crippen LogP contribution is -2.56. The van der Waals surface area contributed by atoms with Crippen molar-refractivity contribution in [3.8, 4) is 0 Å². The minimum absolute atomic E-state index is 0.0693. The van der Waals surface area contributed by atoms with Gasteiger partial charge in [0.25, 0.3) is 0 Å². The number of carbonyl (C=O) groups is 1. The molecule has 33 heavy (non-hydrogen) atoms. The van der Waals surface area contributed by atoms with E-state index in [1.165, 1.54) is 5.56 Å². The third-order valence-electron chi connectivity index (χ3n) is 7.06. The monoisotopic (exact) mass is 503 g/mol. The average molecular weight is 505 g/mol.